The molecule has 1 aliphatic rings. The fourth-order valence-electron chi connectivity index (χ4n) is 4.82. The zero-order chi connectivity index (χ0) is 30.8. The number of aliphatic imine (C=N–C) groups is 1. The molecule has 43 heavy (non-hydrogen) atoms. The van der Waals surface area contributed by atoms with Gasteiger partial charge < -0.3 is 20.7 Å². The van der Waals surface area contributed by atoms with Crippen molar-refractivity contribution in [2.75, 3.05) is 11.1 Å². The number of nitrogen functional groups attached to an aromatic ring is 1. The molecule has 4 rings (SSSR count). The number of carbonyl (C=O) groups is 2. The Bertz CT molecular complexity index is 2000. The van der Waals surface area contributed by atoms with Gasteiger partial charge in [-0.3, -0.25) is 19.1 Å². The van der Waals surface area contributed by atoms with Crippen molar-refractivity contribution in [1.82, 2.24) is 0 Å². The normalized spacial score (nSPS) is 12.9. The first kappa shape index (κ1) is 37.3. The minimum absolute atomic E-state index is 0. The summed E-state index contributed by atoms with van der Waals surface area (Å²) >= 11 is 2.90. The molecule has 0 unspecified atom stereocenters. The second-order valence-electron chi connectivity index (χ2n) is 9.09. The topological polar surface area (TPSA) is 219 Å². The van der Waals surface area contributed by atoms with Gasteiger partial charge in [-0.2, -0.15) is 8.42 Å². The molecule has 12 nitrogen and oxygen atoms in total. The number of nitrogens with one attached hydrogen (secondary N) is 1. The van der Waals surface area contributed by atoms with Crippen LogP contribution in [-0.4, -0.2) is 43.4 Å². The average Bonchev–Trinajstić information content (AvgIpc) is 2.86. The van der Waals surface area contributed by atoms with E-state index < -0.39 is 58.7 Å². The van der Waals surface area contributed by atoms with Crippen molar-refractivity contribution in [1.29, 1.82) is 0 Å². The van der Waals surface area contributed by atoms with Gasteiger partial charge in [0.1, 0.15) is 15.0 Å². The van der Waals surface area contributed by atoms with Gasteiger partial charge in [-0.05, 0) is 43.5 Å². The number of fused-ring (bicyclic) bond motifs is 2. The van der Waals surface area contributed by atoms with Crippen molar-refractivity contribution in [3.8, 4) is 0 Å². The second kappa shape index (κ2) is 13.2. The maximum atomic E-state index is 13.6. The van der Waals surface area contributed by atoms with Gasteiger partial charge in [0, 0.05) is 27.2 Å². The molecule has 4 N–H and O–H groups in total. The van der Waals surface area contributed by atoms with Crippen molar-refractivity contribution in [2.45, 2.75) is 30.6 Å². The van der Waals surface area contributed by atoms with Crippen LogP contribution in [0.1, 0.15) is 48.5 Å². The summed E-state index contributed by atoms with van der Waals surface area (Å²) < 4.78 is 71.1. The maximum Gasteiger partial charge on any atom is 1.00 e. The van der Waals surface area contributed by atoms with E-state index in [1.54, 1.807) is 0 Å². The molecule has 0 fully saturated rings. The molecule has 0 bridgehead atoms. The van der Waals surface area contributed by atoms with Crippen molar-refractivity contribution < 1.29 is 99.8 Å². The Labute approximate surface area is 300 Å². The predicted octanol–water partition coefficient (Wildman–Crippen LogP) is -2.83. The van der Waals surface area contributed by atoms with Crippen LogP contribution in [0.25, 0.3) is 0 Å². The largest absolute Gasteiger partial charge is 1.00 e. The standard InChI is InChI=1S/C26H22BrN3O9S2.2Na/c1-10-21(11(2)25(41(37,38)39)12(3)22(10)30-26(33)13(4)27)29-16-9-17(40(34,35)36)20(28)19-18(16)23(31)14-7-5-6-8-15(14)24(19)32;;/h5-9,29H,4,28H2,1-3H3,(H,30,33)(H,34,35,36)(H,37,38,39);;/q;2*+1/p-2. The van der Waals surface area contributed by atoms with Crippen molar-refractivity contribution in [2.24, 2.45) is 4.99 Å². The maximum absolute atomic E-state index is 13.6. The Hall–Kier alpha value is -1.89. The number of rotatable bonds is 6. The first-order chi connectivity index (χ1) is 18.9. The van der Waals surface area contributed by atoms with Crippen LogP contribution in [0.2, 0.25) is 0 Å². The molecule has 0 amide bonds. The minimum atomic E-state index is -5.28. The van der Waals surface area contributed by atoms with Crippen LogP contribution in [0.3, 0.4) is 0 Å². The van der Waals surface area contributed by atoms with Gasteiger partial charge in [-0.25, -0.2) is 8.42 Å². The van der Waals surface area contributed by atoms with Gasteiger partial charge >= 0.3 is 59.1 Å². The zero-order valence-electron chi connectivity index (χ0n) is 23.5. The average molecular weight is 708 g/mol. The fourth-order valence-corrected chi connectivity index (χ4v) is 6.52. The third-order valence-electron chi connectivity index (χ3n) is 6.57. The third kappa shape index (κ3) is 6.72. The Balaban J connectivity index is 0.00000323. The molecule has 0 saturated heterocycles. The van der Waals surface area contributed by atoms with E-state index in [1.165, 1.54) is 45.0 Å². The third-order valence-corrected chi connectivity index (χ3v) is 8.92. The molecular weight excluding hydrogens is 688 g/mol. The summed E-state index contributed by atoms with van der Waals surface area (Å²) in [6.45, 7) is 7.49. The molecule has 0 saturated carbocycles. The van der Waals surface area contributed by atoms with Crippen LogP contribution in [-0.2, 0) is 20.2 Å². The van der Waals surface area contributed by atoms with Crippen molar-refractivity contribution in [3.05, 3.63) is 80.3 Å². The van der Waals surface area contributed by atoms with Crippen LogP contribution in [0.4, 0.5) is 22.7 Å². The van der Waals surface area contributed by atoms with Gasteiger partial charge in [0.15, 0.2) is 11.6 Å². The van der Waals surface area contributed by atoms with E-state index >= 15 is 0 Å². The van der Waals surface area contributed by atoms with Crippen LogP contribution in [0.15, 0.2) is 56.2 Å². The van der Waals surface area contributed by atoms with Gasteiger partial charge in [-0.1, -0.05) is 46.8 Å². The summed E-state index contributed by atoms with van der Waals surface area (Å²) in [4.78, 5) is 29.3. The molecule has 0 aliphatic heterocycles. The monoisotopic (exact) mass is 707 g/mol. The summed E-state index contributed by atoms with van der Waals surface area (Å²) in [5, 5.41) is 15.1. The first-order valence-electron chi connectivity index (χ1n) is 11.5. The second-order valence-corrected chi connectivity index (χ2v) is 12.8. The van der Waals surface area contributed by atoms with Gasteiger partial charge in [0.2, 0.25) is 0 Å². The number of halogens is 1. The van der Waals surface area contributed by atoms with E-state index in [0.717, 1.165) is 6.07 Å². The summed E-state index contributed by atoms with van der Waals surface area (Å²) in [6, 6.07) is 6.49. The van der Waals surface area contributed by atoms with Gasteiger partial charge in [0.05, 0.1) is 33.1 Å². The number of nitrogens with two attached hydrogens (primary N) is 1. The summed E-state index contributed by atoms with van der Waals surface area (Å²) in [7, 11) is -10.2. The summed E-state index contributed by atoms with van der Waals surface area (Å²) in [6.07, 6.45) is 0. The molecular formula is C26H20BrN3Na2O9S2. The molecule has 17 heteroatoms. The first-order valence-corrected chi connectivity index (χ1v) is 15.1. The number of hydrogen-bond donors (Lipinski definition) is 3. The van der Waals surface area contributed by atoms with E-state index in [0.29, 0.717) is 0 Å². The molecule has 0 atom stereocenters. The fraction of sp³-hybridized carbons (Fsp3) is 0.115. The Kier molecular flexibility index (Phi) is 11.5. The number of benzene rings is 3. The molecule has 1 aliphatic carbocycles. The summed E-state index contributed by atoms with van der Waals surface area (Å²) in [5.41, 5.74) is 3.58. The predicted molar refractivity (Wildman–Crippen MR) is 151 cm³/mol. The number of anilines is 3. The van der Waals surface area contributed by atoms with E-state index in [9.17, 15) is 40.6 Å². The number of carbonyl (C=O) groups excluding carboxylic acids is 2. The quantitative estimate of drug-likeness (QED) is 0.0610. The molecule has 214 valence electrons. The molecule has 0 heterocycles. The van der Waals surface area contributed by atoms with Crippen LogP contribution in [0, 0.1) is 20.8 Å². The van der Waals surface area contributed by atoms with Crippen LogP contribution < -0.4 is 75.3 Å². The van der Waals surface area contributed by atoms with E-state index in [-0.39, 0.29) is 114 Å². The van der Waals surface area contributed by atoms with Crippen molar-refractivity contribution >= 4 is 76.4 Å². The number of nitrogens with zero attached hydrogens (tertiary/aromatic N) is 1. The molecule has 0 aromatic heterocycles. The van der Waals surface area contributed by atoms with Crippen molar-refractivity contribution in [3.63, 3.8) is 0 Å². The smallest absolute Gasteiger partial charge is 0.858 e. The summed E-state index contributed by atoms with van der Waals surface area (Å²) in [5.74, 6) is -2.41. The molecule has 0 spiro atoms. The minimum Gasteiger partial charge on any atom is -0.858 e. The van der Waals surface area contributed by atoms with Crippen LogP contribution in [0.5, 0.6) is 0 Å². The van der Waals surface area contributed by atoms with Gasteiger partial charge in [-0.15, -0.1) is 0 Å². The van der Waals surface area contributed by atoms with E-state index in [4.69, 9.17) is 5.73 Å². The van der Waals surface area contributed by atoms with Gasteiger partial charge in [0.25, 0.3) is 10.1 Å². The Morgan fingerprint density at radius 2 is 1.49 bits per heavy atom. The van der Waals surface area contributed by atoms with E-state index in [2.05, 4.69) is 32.8 Å². The number of ketones is 2. The van der Waals surface area contributed by atoms with Crippen LogP contribution >= 0.6 is 15.9 Å². The SMILES string of the molecule is C=C(Br)C([O-])=Nc1c(C)c(Nc2cc(S(=O)(=O)[O-])c(N)c3c2C(=O)c2ccccc2C3=O)c(C)c(S(=O)(=O)O)c1C.[Na+].[Na+]. The Morgan fingerprint density at radius 3 is 1.95 bits per heavy atom. The molecule has 3 aromatic rings. The molecule has 0 radical (unpaired) electrons. The Morgan fingerprint density at radius 1 is 0.977 bits per heavy atom. The van der Waals surface area contributed by atoms with E-state index in [1.807, 2.05) is 0 Å². The molecule has 3 aromatic carbocycles. The number of hydrogen-bond acceptors (Lipinski definition) is 11. The zero-order valence-corrected chi connectivity index (χ0v) is 30.7.